The number of aryl methyl sites for hydroxylation is 1. The molecule has 19 heavy (non-hydrogen) atoms. The molecule has 102 valence electrons. The fraction of sp³-hybridized carbons (Fsp3) is 0.429. The molecule has 0 atom stereocenters. The number of ether oxygens (including phenoxy) is 1. The fourth-order valence-electron chi connectivity index (χ4n) is 2.05. The van der Waals surface area contributed by atoms with E-state index in [2.05, 4.69) is 5.10 Å². The van der Waals surface area contributed by atoms with Crippen LogP contribution in [-0.4, -0.2) is 22.7 Å². The number of carbonyl (C=O) groups is 1. The molecule has 0 N–H and O–H groups in total. The van der Waals surface area contributed by atoms with Crippen molar-refractivity contribution in [3.63, 3.8) is 0 Å². The Morgan fingerprint density at radius 2 is 2.26 bits per heavy atom. The van der Waals surface area contributed by atoms with Crippen molar-refractivity contribution in [1.29, 1.82) is 0 Å². The summed E-state index contributed by atoms with van der Waals surface area (Å²) in [7, 11) is 1.54. The van der Waals surface area contributed by atoms with E-state index in [9.17, 15) is 4.79 Å². The molecule has 0 bridgehead atoms. The zero-order valence-electron chi connectivity index (χ0n) is 11.6. The third kappa shape index (κ3) is 2.28. The molecule has 0 fully saturated rings. The minimum absolute atomic E-state index is 0.0832. The van der Waals surface area contributed by atoms with Crippen LogP contribution in [0.25, 0.3) is 0 Å². The molecule has 0 saturated carbocycles. The van der Waals surface area contributed by atoms with Crippen molar-refractivity contribution < 1.29 is 13.9 Å². The van der Waals surface area contributed by atoms with E-state index in [0.717, 1.165) is 0 Å². The van der Waals surface area contributed by atoms with E-state index in [0.29, 0.717) is 29.2 Å². The van der Waals surface area contributed by atoms with Gasteiger partial charge in [-0.15, -0.1) is 0 Å². The van der Waals surface area contributed by atoms with E-state index in [-0.39, 0.29) is 11.8 Å². The van der Waals surface area contributed by atoms with Gasteiger partial charge in [0.15, 0.2) is 11.4 Å². The van der Waals surface area contributed by atoms with Gasteiger partial charge < -0.3 is 9.15 Å². The lowest BCUT2D eigenvalue weighted by Gasteiger charge is -2.11. The predicted octanol–water partition coefficient (Wildman–Crippen LogP) is 2.86. The lowest BCUT2D eigenvalue weighted by atomic mass is 10.1. The minimum Gasteiger partial charge on any atom is -0.493 e. The van der Waals surface area contributed by atoms with Crippen molar-refractivity contribution in [1.82, 2.24) is 9.78 Å². The molecule has 2 aromatic heterocycles. The zero-order valence-corrected chi connectivity index (χ0v) is 11.6. The standard InChI is InChI=1S/C14H18N2O3/c1-5-11-10(6-7-19-11)14(17)13-12(18-4)8-15-16(13)9(2)3/h6-9H,5H2,1-4H3. The Morgan fingerprint density at radius 1 is 1.53 bits per heavy atom. The van der Waals surface area contributed by atoms with Crippen molar-refractivity contribution in [3.05, 3.63) is 35.5 Å². The van der Waals surface area contributed by atoms with E-state index >= 15 is 0 Å². The van der Waals surface area contributed by atoms with E-state index in [1.165, 1.54) is 13.4 Å². The number of nitrogens with zero attached hydrogens (tertiary/aromatic N) is 2. The molecule has 2 rings (SSSR count). The number of furan rings is 1. The summed E-state index contributed by atoms with van der Waals surface area (Å²) in [5.74, 6) is 1.05. The average Bonchev–Trinajstić information content (AvgIpc) is 3.03. The highest BCUT2D eigenvalue weighted by Crippen LogP contribution is 2.26. The average molecular weight is 262 g/mol. The molecular weight excluding hydrogens is 244 g/mol. The van der Waals surface area contributed by atoms with Crippen molar-refractivity contribution >= 4 is 5.78 Å². The van der Waals surface area contributed by atoms with Gasteiger partial charge in [-0.1, -0.05) is 6.92 Å². The summed E-state index contributed by atoms with van der Waals surface area (Å²) in [6, 6.07) is 1.78. The lowest BCUT2D eigenvalue weighted by Crippen LogP contribution is -2.14. The van der Waals surface area contributed by atoms with Crippen molar-refractivity contribution in [2.45, 2.75) is 33.2 Å². The predicted molar refractivity (Wildman–Crippen MR) is 70.7 cm³/mol. The summed E-state index contributed by atoms with van der Waals surface area (Å²) in [6.45, 7) is 5.89. The molecule has 0 radical (unpaired) electrons. The zero-order chi connectivity index (χ0) is 14.0. The molecule has 0 aliphatic carbocycles. The summed E-state index contributed by atoms with van der Waals surface area (Å²) < 4.78 is 12.2. The maximum atomic E-state index is 12.7. The van der Waals surface area contributed by atoms with Gasteiger partial charge in [-0.05, 0) is 19.9 Å². The fourth-order valence-corrected chi connectivity index (χ4v) is 2.05. The molecular formula is C14H18N2O3. The number of aromatic nitrogens is 2. The van der Waals surface area contributed by atoms with Gasteiger partial charge in [0, 0.05) is 12.5 Å². The summed E-state index contributed by atoms with van der Waals surface area (Å²) >= 11 is 0. The number of hydrogen-bond acceptors (Lipinski definition) is 4. The number of rotatable bonds is 5. The molecule has 5 heteroatoms. The monoisotopic (exact) mass is 262 g/mol. The SMILES string of the molecule is CCc1occc1C(=O)c1c(OC)cnn1C(C)C. The second-order valence-electron chi connectivity index (χ2n) is 4.54. The van der Waals surface area contributed by atoms with Gasteiger partial charge in [-0.25, -0.2) is 0 Å². The van der Waals surface area contributed by atoms with Gasteiger partial charge in [-0.3, -0.25) is 9.48 Å². The summed E-state index contributed by atoms with van der Waals surface area (Å²) in [5.41, 5.74) is 1.04. The Hall–Kier alpha value is -2.04. The Morgan fingerprint density at radius 3 is 2.84 bits per heavy atom. The third-order valence-electron chi connectivity index (χ3n) is 3.00. The van der Waals surface area contributed by atoms with E-state index in [4.69, 9.17) is 9.15 Å². The van der Waals surface area contributed by atoms with E-state index < -0.39 is 0 Å². The van der Waals surface area contributed by atoms with Crippen LogP contribution in [0.1, 0.15) is 48.6 Å². The number of ketones is 1. The Bertz CT molecular complexity index is 581. The minimum atomic E-state index is -0.117. The van der Waals surface area contributed by atoms with Gasteiger partial charge in [0.05, 0.1) is 25.1 Å². The molecule has 0 unspecified atom stereocenters. The third-order valence-corrected chi connectivity index (χ3v) is 3.00. The van der Waals surface area contributed by atoms with Gasteiger partial charge in [0.1, 0.15) is 5.76 Å². The highest BCUT2D eigenvalue weighted by molar-refractivity contribution is 6.10. The number of carbonyl (C=O) groups excluding carboxylic acids is 1. The van der Waals surface area contributed by atoms with Crippen molar-refractivity contribution in [2.24, 2.45) is 0 Å². The first-order valence-electron chi connectivity index (χ1n) is 6.32. The molecule has 5 nitrogen and oxygen atoms in total. The van der Waals surface area contributed by atoms with Crippen LogP contribution in [0.15, 0.2) is 22.9 Å². The number of hydrogen-bond donors (Lipinski definition) is 0. The number of methoxy groups -OCH3 is 1. The van der Waals surface area contributed by atoms with E-state index in [1.807, 2.05) is 20.8 Å². The van der Waals surface area contributed by atoms with Crippen LogP contribution >= 0.6 is 0 Å². The molecule has 0 amide bonds. The van der Waals surface area contributed by atoms with Gasteiger partial charge >= 0.3 is 0 Å². The van der Waals surface area contributed by atoms with Gasteiger partial charge in [-0.2, -0.15) is 5.10 Å². The Balaban J connectivity index is 2.52. The lowest BCUT2D eigenvalue weighted by molar-refractivity contribution is 0.102. The Kier molecular flexibility index (Phi) is 3.74. The second kappa shape index (κ2) is 5.30. The second-order valence-corrected chi connectivity index (χ2v) is 4.54. The van der Waals surface area contributed by atoms with Crippen molar-refractivity contribution in [3.8, 4) is 5.75 Å². The maximum absolute atomic E-state index is 12.7. The van der Waals surface area contributed by atoms with Crippen LogP contribution in [-0.2, 0) is 6.42 Å². The molecule has 0 aromatic carbocycles. The first kappa shape index (κ1) is 13.4. The van der Waals surface area contributed by atoms with Crippen LogP contribution in [0.2, 0.25) is 0 Å². The van der Waals surface area contributed by atoms with Crippen LogP contribution in [0, 0.1) is 0 Å². The topological polar surface area (TPSA) is 57.3 Å². The molecule has 0 aliphatic rings. The summed E-state index contributed by atoms with van der Waals surface area (Å²) in [5, 5.41) is 4.21. The Labute approximate surface area is 112 Å². The molecule has 2 aromatic rings. The first-order valence-corrected chi connectivity index (χ1v) is 6.32. The smallest absolute Gasteiger partial charge is 0.218 e. The molecule has 0 saturated heterocycles. The quantitative estimate of drug-likeness (QED) is 0.777. The maximum Gasteiger partial charge on any atom is 0.218 e. The highest BCUT2D eigenvalue weighted by Gasteiger charge is 2.25. The first-order chi connectivity index (χ1) is 9.10. The summed E-state index contributed by atoms with van der Waals surface area (Å²) in [6.07, 6.45) is 3.78. The van der Waals surface area contributed by atoms with Crippen LogP contribution in [0.5, 0.6) is 5.75 Å². The molecule has 0 aliphatic heterocycles. The van der Waals surface area contributed by atoms with Crippen LogP contribution in [0.4, 0.5) is 0 Å². The largest absolute Gasteiger partial charge is 0.493 e. The normalized spacial score (nSPS) is 11.0. The van der Waals surface area contributed by atoms with Crippen molar-refractivity contribution in [2.75, 3.05) is 7.11 Å². The molecule has 0 spiro atoms. The van der Waals surface area contributed by atoms with Crippen LogP contribution < -0.4 is 4.74 Å². The van der Waals surface area contributed by atoms with Gasteiger partial charge in [0.2, 0.25) is 5.78 Å². The summed E-state index contributed by atoms with van der Waals surface area (Å²) in [4.78, 5) is 12.7. The van der Waals surface area contributed by atoms with E-state index in [1.54, 1.807) is 16.9 Å². The highest BCUT2D eigenvalue weighted by atomic mass is 16.5. The van der Waals surface area contributed by atoms with Gasteiger partial charge in [0.25, 0.3) is 0 Å². The molecule has 2 heterocycles. The van der Waals surface area contributed by atoms with Crippen LogP contribution in [0.3, 0.4) is 0 Å².